The van der Waals surface area contributed by atoms with Gasteiger partial charge in [-0.05, 0) is 84.8 Å². The van der Waals surface area contributed by atoms with E-state index in [0.29, 0.717) is 23.8 Å². The van der Waals surface area contributed by atoms with Crippen molar-refractivity contribution in [1.29, 1.82) is 0 Å². The molecular weight excluding hydrogens is 543 g/mol. The lowest BCUT2D eigenvalue weighted by Gasteiger charge is -2.39. The van der Waals surface area contributed by atoms with E-state index in [2.05, 4.69) is 68.0 Å². The summed E-state index contributed by atoms with van der Waals surface area (Å²) in [5, 5.41) is 11.3. The number of benzene rings is 1. The summed E-state index contributed by atoms with van der Waals surface area (Å²) in [6.07, 6.45) is 2.58. The van der Waals surface area contributed by atoms with Crippen LogP contribution in [-0.4, -0.2) is 16.3 Å². The number of ether oxygens (including phenoxy) is 1. The Kier molecular flexibility index (Phi) is 10.4. The Balaban J connectivity index is 0.000000515. The van der Waals surface area contributed by atoms with Crippen molar-refractivity contribution in [2.24, 2.45) is 16.7 Å². The Morgan fingerprint density at radius 2 is 1.63 bits per heavy atom. The molecule has 3 aliphatic rings. The first-order chi connectivity index (χ1) is 19.0. The lowest BCUT2D eigenvalue weighted by atomic mass is 9.70. The predicted molar refractivity (Wildman–Crippen MR) is 164 cm³/mol. The van der Waals surface area contributed by atoms with Crippen molar-refractivity contribution in [3.05, 3.63) is 63.5 Å². The molecule has 1 N–H and O–H groups in total. The van der Waals surface area contributed by atoms with Crippen LogP contribution in [0.2, 0.25) is 0 Å². The van der Waals surface area contributed by atoms with Gasteiger partial charge >= 0.3 is 6.18 Å². The van der Waals surface area contributed by atoms with E-state index in [9.17, 15) is 18.3 Å². The average molecular weight is 594 g/mol. The highest BCUT2D eigenvalue weighted by atomic mass is 32.1. The molecule has 1 fully saturated rings. The number of aliphatic hydroxyl groups excluding tert-OH is 1. The molecule has 3 nitrogen and oxygen atoms in total. The van der Waals surface area contributed by atoms with Crippen LogP contribution in [0.5, 0.6) is 0 Å². The second-order valence-electron chi connectivity index (χ2n) is 13.8. The zero-order valence-corrected chi connectivity index (χ0v) is 27.3. The largest absolute Gasteiger partial charge is 0.416 e. The summed E-state index contributed by atoms with van der Waals surface area (Å²) >= 11 is 3.53. The van der Waals surface area contributed by atoms with E-state index in [1.807, 2.05) is 0 Å². The first-order valence-corrected chi connectivity index (χ1v) is 16.0. The normalized spacial score (nSPS) is 26.4. The van der Waals surface area contributed by atoms with Crippen LogP contribution >= 0.6 is 12.6 Å². The molecule has 0 bridgehead atoms. The van der Waals surface area contributed by atoms with Gasteiger partial charge in [-0.2, -0.15) is 25.8 Å². The van der Waals surface area contributed by atoms with Crippen molar-refractivity contribution >= 4 is 12.6 Å². The third kappa shape index (κ3) is 6.99. The minimum Gasteiger partial charge on any atom is -0.388 e. The zero-order valence-electron chi connectivity index (χ0n) is 26.4. The predicted octanol–water partition coefficient (Wildman–Crippen LogP) is 9.79. The molecule has 4 unspecified atom stereocenters. The van der Waals surface area contributed by atoms with E-state index in [0.717, 1.165) is 65.9 Å². The van der Waals surface area contributed by atoms with E-state index in [4.69, 9.17) is 9.72 Å². The summed E-state index contributed by atoms with van der Waals surface area (Å²) in [6.45, 7) is 17.5. The number of aromatic nitrogens is 1. The Bertz CT molecular complexity index is 1190. The monoisotopic (exact) mass is 593 g/mol. The number of nitrogens with zero attached hydrogens (tertiary/aromatic N) is 1. The molecule has 2 aromatic rings. The first kappa shape index (κ1) is 33.9. The average Bonchev–Trinajstić information content (AvgIpc) is 3.44. The molecule has 1 aliphatic heterocycles. The molecule has 5 rings (SSSR count). The Labute approximate surface area is 251 Å². The molecule has 230 valence electrons. The van der Waals surface area contributed by atoms with Crippen molar-refractivity contribution < 1.29 is 23.0 Å². The number of hydrogen-bond acceptors (Lipinski definition) is 4. The van der Waals surface area contributed by atoms with Crippen LogP contribution in [0, 0.1) is 16.7 Å². The van der Waals surface area contributed by atoms with Crippen LogP contribution in [-0.2, 0) is 29.4 Å². The Morgan fingerprint density at radius 3 is 2.10 bits per heavy atom. The van der Waals surface area contributed by atoms with Crippen LogP contribution in [0.15, 0.2) is 24.3 Å². The summed E-state index contributed by atoms with van der Waals surface area (Å²) in [5.74, 6) is 0.258. The second kappa shape index (κ2) is 12.6. The van der Waals surface area contributed by atoms with Gasteiger partial charge in [-0.15, -0.1) is 0 Å². The van der Waals surface area contributed by atoms with Gasteiger partial charge in [0.1, 0.15) is 6.10 Å². The third-order valence-corrected chi connectivity index (χ3v) is 9.09. The van der Waals surface area contributed by atoms with Gasteiger partial charge in [-0.25, -0.2) is 0 Å². The van der Waals surface area contributed by atoms with Crippen LogP contribution in [0.25, 0.3) is 0 Å². The Morgan fingerprint density at radius 1 is 1.05 bits per heavy atom. The van der Waals surface area contributed by atoms with Gasteiger partial charge in [0.25, 0.3) is 0 Å². The highest BCUT2D eigenvalue weighted by Crippen LogP contribution is 2.60. The van der Waals surface area contributed by atoms with Gasteiger partial charge in [-0.1, -0.05) is 73.9 Å². The molecular formula is C34H50F3NO2S. The molecule has 7 heteroatoms. The summed E-state index contributed by atoms with van der Waals surface area (Å²) in [6, 6.07) is 5.34. The number of rotatable bonds is 2. The first-order valence-electron chi connectivity index (χ1n) is 15.1. The quantitative estimate of drug-likeness (QED) is 0.341. The second-order valence-corrected chi connectivity index (χ2v) is 13.8. The number of fused-ring (bicyclic) bond motifs is 4. The smallest absolute Gasteiger partial charge is 0.388 e. The molecule has 1 aromatic carbocycles. The summed E-state index contributed by atoms with van der Waals surface area (Å²) in [5.41, 5.74) is 4.91. The topological polar surface area (TPSA) is 42.4 Å². The highest BCUT2D eigenvalue weighted by Gasteiger charge is 2.55. The molecule has 41 heavy (non-hydrogen) atoms. The third-order valence-electron chi connectivity index (χ3n) is 9.09. The fraction of sp³-hybridized carbons (Fsp3) is 0.676. The number of thiol groups is 1. The van der Waals surface area contributed by atoms with E-state index in [-0.39, 0.29) is 11.3 Å². The van der Waals surface area contributed by atoms with E-state index in [1.54, 1.807) is 6.26 Å². The molecule has 0 amide bonds. The highest BCUT2D eigenvalue weighted by molar-refractivity contribution is 7.79. The fourth-order valence-electron chi connectivity index (χ4n) is 6.48. The lowest BCUT2D eigenvalue weighted by Crippen LogP contribution is -2.34. The van der Waals surface area contributed by atoms with Gasteiger partial charge < -0.3 is 9.84 Å². The van der Waals surface area contributed by atoms with Crippen molar-refractivity contribution in [2.45, 2.75) is 124 Å². The molecule has 0 saturated heterocycles. The number of alkyl halides is 3. The molecule has 1 spiro atoms. The van der Waals surface area contributed by atoms with Crippen LogP contribution in [0.3, 0.4) is 0 Å². The van der Waals surface area contributed by atoms with Gasteiger partial charge in [0.15, 0.2) is 0 Å². The van der Waals surface area contributed by atoms with Crippen LogP contribution in [0.4, 0.5) is 13.2 Å². The van der Waals surface area contributed by atoms with Crippen molar-refractivity contribution in [2.75, 3.05) is 6.26 Å². The fourth-order valence-corrected chi connectivity index (χ4v) is 6.48. The van der Waals surface area contributed by atoms with Gasteiger partial charge in [-0.3, -0.25) is 4.98 Å². The summed E-state index contributed by atoms with van der Waals surface area (Å²) < 4.78 is 46.4. The maximum Gasteiger partial charge on any atom is 0.416 e. The van der Waals surface area contributed by atoms with Gasteiger partial charge in [0, 0.05) is 22.5 Å². The molecule has 2 heterocycles. The van der Waals surface area contributed by atoms with Crippen molar-refractivity contribution in [3.63, 3.8) is 0 Å². The standard InChI is InChI=1S/C27H32F3NO2.C6H14.CH4S/c1-5-18-22-23(21-19(31-18)13-25(3,4)14-20(21)32)26(12-6-7-15(26)2)33-24(22)16-8-10-17(11-9-16)27(28,29)30;1-5-6(2,3)4;1-2/h8-11,15,20,24,32H,5-7,12-14H2,1-4H3;5H2,1-4H3;2H,1H3. The molecule has 1 aromatic heterocycles. The minimum atomic E-state index is -4.37. The summed E-state index contributed by atoms with van der Waals surface area (Å²) in [7, 11) is 0. The maximum atomic E-state index is 13.2. The lowest BCUT2D eigenvalue weighted by molar-refractivity contribution is -0.137. The molecule has 0 radical (unpaired) electrons. The van der Waals surface area contributed by atoms with Gasteiger partial charge in [0.05, 0.1) is 17.3 Å². The summed E-state index contributed by atoms with van der Waals surface area (Å²) in [4.78, 5) is 5.04. The van der Waals surface area contributed by atoms with E-state index >= 15 is 0 Å². The number of hydrogen-bond donors (Lipinski definition) is 2. The molecule has 2 aliphatic carbocycles. The van der Waals surface area contributed by atoms with Crippen molar-refractivity contribution in [1.82, 2.24) is 4.98 Å². The Hall–Kier alpha value is -1.57. The molecule has 4 atom stereocenters. The molecule has 1 saturated carbocycles. The SMILES string of the molecule is CCC(C)(C)C.CCc1nc2c(c3c1C(c1ccc(C(F)(F)F)cc1)OC31CCCC1C)C(O)CC(C)(C)C2.CS. The number of aliphatic hydroxyl groups is 1. The minimum absolute atomic E-state index is 0.0423. The van der Waals surface area contributed by atoms with Crippen molar-refractivity contribution in [3.8, 4) is 0 Å². The van der Waals surface area contributed by atoms with E-state index < -0.39 is 29.5 Å². The maximum absolute atomic E-state index is 13.2. The van der Waals surface area contributed by atoms with Crippen LogP contribution < -0.4 is 0 Å². The van der Waals surface area contributed by atoms with E-state index in [1.165, 1.54) is 18.6 Å². The number of halogens is 3. The van der Waals surface area contributed by atoms with Gasteiger partial charge in [0.2, 0.25) is 0 Å². The van der Waals surface area contributed by atoms with Crippen LogP contribution in [0.1, 0.15) is 139 Å². The zero-order chi connectivity index (χ0) is 31.0. The number of aryl methyl sites for hydroxylation is 1. The number of pyridine rings is 1.